The summed E-state index contributed by atoms with van der Waals surface area (Å²) in [6, 6.07) is 4.11. The van der Waals surface area contributed by atoms with Crippen molar-refractivity contribution < 1.29 is 9.53 Å². The molecule has 1 saturated carbocycles. The lowest BCUT2D eigenvalue weighted by molar-refractivity contribution is -0.139. The van der Waals surface area contributed by atoms with Crippen LogP contribution in [0, 0.1) is 5.92 Å². The molecule has 3 nitrogen and oxygen atoms in total. The number of hydrogen-bond acceptors (Lipinski definition) is 4. The van der Waals surface area contributed by atoms with Gasteiger partial charge >= 0.3 is 5.97 Å². The zero-order valence-corrected chi connectivity index (χ0v) is 11.0. The van der Waals surface area contributed by atoms with Crippen LogP contribution >= 0.6 is 11.3 Å². The van der Waals surface area contributed by atoms with Crippen LogP contribution in [0.5, 0.6) is 0 Å². The van der Waals surface area contributed by atoms with E-state index in [1.807, 2.05) is 6.07 Å². The molecule has 0 atom stereocenters. The second-order valence-corrected chi connectivity index (χ2v) is 5.80. The average molecular weight is 253 g/mol. The predicted molar refractivity (Wildman–Crippen MR) is 69.1 cm³/mol. The number of rotatable bonds is 6. The van der Waals surface area contributed by atoms with E-state index in [4.69, 9.17) is 0 Å². The molecule has 0 aliphatic heterocycles. The first kappa shape index (κ1) is 12.6. The molecule has 17 heavy (non-hydrogen) atoms. The van der Waals surface area contributed by atoms with E-state index in [1.54, 1.807) is 11.3 Å². The van der Waals surface area contributed by atoms with Gasteiger partial charge in [-0.25, -0.2) is 0 Å². The van der Waals surface area contributed by atoms with Crippen molar-refractivity contribution in [2.45, 2.75) is 32.2 Å². The van der Waals surface area contributed by atoms with Gasteiger partial charge in [0, 0.05) is 16.3 Å². The van der Waals surface area contributed by atoms with Crippen LogP contribution < -0.4 is 5.32 Å². The monoisotopic (exact) mass is 253 g/mol. The average Bonchev–Trinajstić information content (AvgIpc) is 2.69. The SMILES string of the molecule is COC(=O)Cc1ccc(CNCC2CCC2)s1. The molecular weight excluding hydrogens is 234 g/mol. The Bertz CT molecular complexity index is 371. The maximum absolute atomic E-state index is 11.1. The molecule has 0 amide bonds. The third-order valence-electron chi connectivity index (χ3n) is 3.22. The van der Waals surface area contributed by atoms with Gasteiger partial charge in [-0.2, -0.15) is 0 Å². The molecule has 1 N–H and O–H groups in total. The van der Waals surface area contributed by atoms with Gasteiger partial charge < -0.3 is 10.1 Å². The molecular formula is C13H19NO2S. The van der Waals surface area contributed by atoms with Crippen molar-refractivity contribution >= 4 is 17.3 Å². The summed E-state index contributed by atoms with van der Waals surface area (Å²) in [7, 11) is 1.43. The molecule has 0 radical (unpaired) electrons. The largest absolute Gasteiger partial charge is 0.469 e. The molecule has 2 rings (SSSR count). The van der Waals surface area contributed by atoms with Crippen LogP contribution in [0.2, 0.25) is 0 Å². The smallest absolute Gasteiger partial charge is 0.310 e. The zero-order chi connectivity index (χ0) is 12.1. The third kappa shape index (κ3) is 3.82. The van der Waals surface area contributed by atoms with Crippen molar-refractivity contribution in [1.29, 1.82) is 0 Å². The van der Waals surface area contributed by atoms with Crippen molar-refractivity contribution in [3.63, 3.8) is 0 Å². The van der Waals surface area contributed by atoms with Gasteiger partial charge in [-0.05, 0) is 37.4 Å². The van der Waals surface area contributed by atoms with Crippen LogP contribution in [0.1, 0.15) is 29.0 Å². The molecule has 1 aromatic heterocycles. The van der Waals surface area contributed by atoms with E-state index in [0.717, 1.165) is 23.9 Å². The normalized spacial score (nSPS) is 15.6. The number of carbonyl (C=O) groups is 1. The van der Waals surface area contributed by atoms with Crippen LogP contribution in [-0.4, -0.2) is 19.6 Å². The Morgan fingerprint density at radius 3 is 2.88 bits per heavy atom. The van der Waals surface area contributed by atoms with Crippen molar-refractivity contribution in [2.24, 2.45) is 5.92 Å². The Kier molecular flexibility index (Phi) is 4.57. The Labute approximate surface area is 106 Å². The highest BCUT2D eigenvalue weighted by Crippen LogP contribution is 2.25. The van der Waals surface area contributed by atoms with Crippen molar-refractivity contribution in [1.82, 2.24) is 5.32 Å². The lowest BCUT2D eigenvalue weighted by atomic mass is 9.85. The van der Waals surface area contributed by atoms with Crippen LogP contribution in [0.3, 0.4) is 0 Å². The van der Waals surface area contributed by atoms with E-state index < -0.39 is 0 Å². The second-order valence-electron chi connectivity index (χ2n) is 4.55. The molecule has 94 valence electrons. The van der Waals surface area contributed by atoms with E-state index in [1.165, 1.54) is 31.2 Å². The predicted octanol–water partition coefficient (Wildman–Crippen LogP) is 2.35. The number of hydrogen-bond donors (Lipinski definition) is 1. The molecule has 1 aliphatic carbocycles. The number of nitrogens with one attached hydrogen (secondary N) is 1. The van der Waals surface area contributed by atoms with Crippen LogP contribution in [0.25, 0.3) is 0 Å². The van der Waals surface area contributed by atoms with Gasteiger partial charge in [0.2, 0.25) is 0 Å². The lowest BCUT2D eigenvalue weighted by Gasteiger charge is -2.25. The molecule has 4 heteroatoms. The Morgan fingerprint density at radius 1 is 1.47 bits per heavy atom. The molecule has 0 aromatic carbocycles. The summed E-state index contributed by atoms with van der Waals surface area (Å²) in [5.41, 5.74) is 0. The minimum Gasteiger partial charge on any atom is -0.469 e. The third-order valence-corrected chi connectivity index (χ3v) is 4.31. The topological polar surface area (TPSA) is 38.3 Å². The van der Waals surface area contributed by atoms with E-state index >= 15 is 0 Å². The van der Waals surface area contributed by atoms with Crippen molar-refractivity contribution in [3.05, 3.63) is 21.9 Å². The summed E-state index contributed by atoms with van der Waals surface area (Å²) >= 11 is 1.69. The summed E-state index contributed by atoms with van der Waals surface area (Å²) in [5, 5.41) is 3.48. The molecule has 0 unspecified atom stereocenters. The fourth-order valence-electron chi connectivity index (χ4n) is 1.92. The lowest BCUT2D eigenvalue weighted by Crippen LogP contribution is -2.26. The minimum absolute atomic E-state index is 0.166. The first-order valence-electron chi connectivity index (χ1n) is 6.13. The number of esters is 1. The Morgan fingerprint density at radius 2 is 2.24 bits per heavy atom. The molecule has 0 saturated heterocycles. The van der Waals surface area contributed by atoms with Gasteiger partial charge in [-0.1, -0.05) is 6.42 Å². The highest BCUT2D eigenvalue weighted by Gasteiger charge is 2.16. The summed E-state index contributed by atoms with van der Waals surface area (Å²) in [4.78, 5) is 13.5. The first-order chi connectivity index (χ1) is 8.28. The highest BCUT2D eigenvalue weighted by atomic mass is 32.1. The molecule has 1 heterocycles. The summed E-state index contributed by atoms with van der Waals surface area (Å²) in [5.74, 6) is 0.727. The van der Waals surface area contributed by atoms with Crippen LogP contribution in [0.4, 0.5) is 0 Å². The summed E-state index contributed by atoms with van der Waals surface area (Å²) < 4.78 is 4.65. The van der Waals surface area contributed by atoms with Crippen molar-refractivity contribution in [3.8, 4) is 0 Å². The van der Waals surface area contributed by atoms with E-state index in [2.05, 4.69) is 16.1 Å². The summed E-state index contributed by atoms with van der Waals surface area (Å²) in [6.07, 6.45) is 4.55. The standard InChI is InChI=1S/C13H19NO2S/c1-16-13(15)7-11-5-6-12(17-11)9-14-8-10-3-2-4-10/h5-6,10,14H,2-4,7-9H2,1H3. The van der Waals surface area contributed by atoms with Crippen LogP contribution in [0.15, 0.2) is 12.1 Å². The quantitative estimate of drug-likeness (QED) is 0.791. The van der Waals surface area contributed by atoms with E-state index in [0.29, 0.717) is 6.42 Å². The number of thiophene rings is 1. The second kappa shape index (κ2) is 6.17. The molecule has 0 bridgehead atoms. The fraction of sp³-hybridized carbons (Fsp3) is 0.615. The van der Waals surface area contributed by atoms with Gasteiger partial charge in [0.15, 0.2) is 0 Å². The number of methoxy groups -OCH3 is 1. The van der Waals surface area contributed by atoms with Gasteiger partial charge in [-0.3, -0.25) is 4.79 Å². The Balaban J connectivity index is 1.71. The molecule has 1 fully saturated rings. The van der Waals surface area contributed by atoms with Crippen molar-refractivity contribution in [2.75, 3.05) is 13.7 Å². The molecule has 1 aliphatic rings. The fourth-order valence-corrected chi connectivity index (χ4v) is 2.90. The highest BCUT2D eigenvalue weighted by molar-refractivity contribution is 7.12. The van der Waals surface area contributed by atoms with Gasteiger partial charge in [0.25, 0.3) is 0 Å². The van der Waals surface area contributed by atoms with Gasteiger partial charge in [0.1, 0.15) is 0 Å². The maximum Gasteiger partial charge on any atom is 0.310 e. The maximum atomic E-state index is 11.1. The van der Waals surface area contributed by atoms with Gasteiger partial charge in [0.05, 0.1) is 13.5 Å². The van der Waals surface area contributed by atoms with Crippen LogP contribution in [-0.2, 0) is 22.5 Å². The number of carbonyl (C=O) groups excluding carboxylic acids is 1. The first-order valence-corrected chi connectivity index (χ1v) is 6.94. The minimum atomic E-state index is -0.166. The molecule has 1 aromatic rings. The zero-order valence-electron chi connectivity index (χ0n) is 10.2. The van der Waals surface area contributed by atoms with E-state index in [-0.39, 0.29) is 5.97 Å². The van der Waals surface area contributed by atoms with Gasteiger partial charge in [-0.15, -0.1) is 11.3 Å². The summed E-state index contributed by atoms with van der Waals surface area (Å²) in [6.45, 7) is 2.05. The Hall–Kier alpha value is -0.870. The molecule has 0 spiro atoms. The number of ether oxygens (including phenoxy) is 1. The van der Waals surface area contributed by atoms with E-state index in [9.17, 15) is 4.79 Å².